The Morgan fingerprint density at radius 2 is 1.94 bits per heavy atom. The van der Waals surface area contributed by atoms with E-state index in [1.165, 1.54) is 0 Å². The van der Waals surface area contributed by atoms with E-state index in [1.807, 2.05) is 0 Å². The number of carbonyl (C=O) groups excluding carboxylic acids is 1. The lowest BCUT2D eigenvalue weighted by Crippen LogP contribution is -2.27. The molecule has 0 radical (unpaired) electrons. The summed E-state index contributed by atoms with van der Waals surface area (Å²) in [6.07, 6.45) is 1.68. The molecule has 0 aromatic carbocycles. The van der Waals surface area contributed by atoms with Crippen LogP contribution in [0.4, 0.5) is 4.79 Å². The van der Waals surface area contributed by atoms with Crippen molar-refractivity contribution in [2.75, 3.05) is 26.2 Å². The van der Waals surface area contributed by atoms with E-state index in [9.17, 15) is 9.59 Å². The Morgan fingerprint density at radius 1 is 1.38 bits per heavy atom. The molecule has 0 fully saturated rings. The summed E-state index contributed by atoms with van der Waals surface area (Å²) in [5.74, 6) is -0.968. The maximum atomic E-state index is 10.7. The van der Waals surface area contributed by atoms with Crippen LogP contribution in [0.5, 0.6) is 0 Å². The number of ether oxygens (including phenoxy) is 1. The highest BCUT2D eigenvalue weighted by Crippen LogP contribution is 1.83. The van der Waals surface area contributed by atoms with Crippen molar-refractivity contribution in [3.05, 3.63) is 0 Å². The molecule has 1 amide bonds. The fourth-order valence-corrected chi connectivity index (χ4v) is 0.570. The minimum atomic E-state index is -0.968. The molecule has 0 bridgehead atoms. The summed E-state index contributed by atoms with van der Waals surface area (Å²) in [5.41, 5.74) is 9.70. The molecule has 0 unspecified atom stereocenters. The van der Waals surface area contributed by atoms with Crippen LogP contribution in [0.3, 0.4) is 0 Å². The normalized spacial score (nSPS) is 8.69. The highest BCUT2D eigenvalue weighted by atomic mass is 16.5. The Morgan fingerprint density at radius 3 is 2.31 bits per heavy atom. The monoisotopic (exact) mass is 235 g/mol. The van der Waals surface area contributed by atoms with E-state index in [4.69, 9.17) is 10.8 Å². The first-order valence-corrected chi connectivity index (χ1v) is 5.11. The predicted octanol–water partition coefficient (Wildman–Crippen LogP) is -0.499. The second kappa shape index (κ2) is 13.7. The first-order valence-electron chi connectivity index (χ1n) is 5.11. The van der Waals surface area contributed by atoms with Gasteiger partial charge in [0.15, 0.2) is 0 Å². The summed E-state index contributed by atoms with van der Waals surface area (Å²) >= 11 is 0. The zero-order valence-electron chi connectivity index (χ0n) is 9.57. The number of hydrogen-bond donors (Lipinski definition) is 4. The standard InChI is InChI=1S/C7H16N2O2.C2H5NO2/c1-2-3-5-9-7(10)11-6-4-8;3-1-2(4)5/h2-6,8H2,1H3,(H,9,10);1,3H2,(H,4,5). The van der Waals surface area contributed by atoms with Gasteiger partial charge in [-0.3, -0.25) is 4.79 Å². The van der Waals surface area contributed by atoms with Crippen LogP contribution < -0.4 is 16.8 Å². The van der Waals surface area contributed by atoms with Crippen LogP contribution in [0.15, 0.2) is 0 Å². The zero-order chi connectivity index (χ0) is 12.8. The van der Waals surface area contributed by atoms with Gasteiger partial charge in [0, 0.05) is 13.1 Å². The summed E-state index contributed by atoms with van der Waals surface area (Å²) < 4.78 is 4.66. The summed E-state index contributed by atoms with van der Waals surface area (Å²) in [6, 6.07) is 0. The molecule has 7 heteroatoms. The maximum Gasteiger partial charge on any atom is 0.407 e. The third-order valence-electron chi connectivity index (χ3n) is 1.33. The van der Waals surface area contributed by atoms with Gasteiger partial charge in [-0.05, 0) is 6.42 Å². The molecular formula is C9H21N3O4. The SMILES string of the molecule is CCCCNC(=O)OCCN.NCC(=O)O. The number of alkyl carbamates (subject to hydrolysis) is 1. The summed E-state index contributed by atoms with van der Waals surface area (Å²) in [7, 11) is 0. The lowest BCUT2D eigenvalue weighted by molar-refractivity contribution is -0.135. The van der Waals surface area contributed by atoms with Gasteiger partial charge in [0.1, 0.15) is 6.61 Å². The number of rotatable bonds is 6. The molecule has 96 valence electrons. The first-order chi connectivity index (χ1) is 7.58. The molecule has 0 heterocycles. The number of nitrogens with two attached hydrogens (primary N) is 2. The van der Waals surface area contributed by atoms with Gasteiger partial charge in [0.25, 0.3) is 0 Å². The van der Waals surface area contributed by atoms with Crippen LogP contribution in [-0.4, -0.2) is 43.4 Å². The van der Waals surface area contributed by atoms with E-state index in [-0.39, 0.29) is 19.2 Å². The van der Waals surface area contributed by atoms with E-state index in [1.54, 1.807) is 0 Å². The summed E-state index contributed by atoms with van der Waals surface area (Å²) in [5, 5.41) is 10.2. The Balaban J connectivity index is 0. The number of hydrogen-bond acceptors (Lipinski definition) is 5. The lowest BCUT2D eigenvalue weighted by atomic mass is 10.3. The second-order valence-corrected chi connectivity index (χ2v) is 2.80. The molecule has 0 rings (SSSR count). The topological polar surface area (TPSA) is 128 Å². The summed E-state index contributed by atoms with van der Waals surface area (Å²) in [4.78, 5) is 19.9. The Labute approximate surface area is 95.1 Å². The van der Waals surface area contributed by atoms with Crippen LogP contribution in [0.1, 0.15) is 19.8 Å². The van der Waals surface area contributed by atoms with Gasteiger partial charge in [-0.2, -0.15) is 0 Å². The molecule has 16 heavy (non-hydrogen) atoms. The fourth-order valence-electron chi connectivity index (χ4n) is 0.570. The van der Waals surface area contributed by atoms with Crippen molar-refractivity contribution in [3.63, 3.8) is 0 Å². The Kier molecular flexibility index (Phi) is 14.6. The maximum absolute atomic E-state index is 10.7. The number of carboxylic acid groups (broad SMARTS) is 1. The van der Waals surface area contributed by atoms with Gasteiger partial charge in [0.2, 0.25) is 0 Å². The molecule has 0 aliphatic rings. The molecular weight excluding hydrogens is 214 g/mol. The third-order valence-corrected chi connectivity index (χ3v) is 1.33. The highest BCUT2D eigenvalue weighted by Gasteiger charge is 1.97. The van der Waals surface area contributed by atoms with Crippen molar-refractivity contribution >= 4 is 12.1 Å². The number of aliphatic carboxylic acids is 1. The first kappa shape index (κ1) is 17.1. The minimum absolute atomic E-state index is 0.278. The van der Waals surface area contributed by atoms with Crippen LogP contribution in [0.2, 0.25) is 0 Å². The van der Waals surface area contributed by atoms with Crippen molar-refractivity contribution in [2.24, 2.45) is 11.5 Å². The Bertz CT molecular complexity index is 188. The van der Waals surface area contributed by atoms with Crippen LogP contribution in [-0.2, 0) is 9.53 Å². The van der Waals surface area contributed by atoms with Gasteiger partial charge >= 0.3 is 12.1 Å². The van der Waals surface area contributed by atoms with E-state index < -0.39 is 5.97 Å². The summed E-state index contributed by atoms with van der Waals surface area (Å²) in [6.45, 7) is 3.13. The number of nitrogens with one attached hydrogen (secondary N) is 1. The van der Waals surface area contributed by atoms with Crippen molar-refractivity contribution in [2.45, 2.75) is 19.8 Å². The van der Waals surface area contributed by atoms with Crippen molar-refractivity contribution in [1.29, 1.82) is 0 Å². The second-order valence-electron chi connectivity index (χ2n) is 2.80. The number of amides is 1. The van der Waals surface area contributed by atoms with Crippen LogP contribution >= 0.6 is 0 Å². The lowest BCUT2D eigenvalue weighted by Gasteiger charge is -2.03. The minimum Gasteiger partial charge on any atom is -0.480 e. The molecule has 0 atom stereocenters. The molecule has 0 aliphatic carbocycles. The van der Waals surface area contributed by atoms with Gasteiger partial charge in [0.05, 0.1) is 6.54 Å². The molecule has 0 saturated heterocycles. The van der Waals surface area contributed by atoms with Crippen molar-refractivity contribution < 1.29 is 19.4 Å². The largest absolute Gasteiger partial charge is 0.480 e. The quantitative estimate of drug-likeness (QED) is 0.459. The van der Waals surface area contributed by atoms with Crippen molar-refractivity contribution in [3.8, 4) is 0 Å². The zero-order valence-corrected chi connectivity index (χ0v) is 9.57. The third kappa shape index (κ3) is 18.4. The molecule has 0 aromatic heterocycles. The van der Waals surface area contributed by atoms with E-state index in [0.29, 0.717) is 13.1 Å². The average Bonchev–Trinajstić information content (AvgIpc) is 2.27. The molecule has 0 aromatic rings. The molecule has 0 spiro atoms. The van der Waals surface area contributed by atoms with Gasteiger partial charge in [-0.15, -0.1) is 0 Å². The van der Waals surface area contributed by atoms with Gasteiger partial charge in [-0.25, -0.2) is 4.79 Å². The molecule has 0 aliphatic heterocycles. The van der Waals surface area contributed by atoms with Gasteiger partial charge in [-0.1, -0.05) is 13.3 Å². The smallest absolute Gasteiger partial charge is 0.407 e. The van der Waals surface area contributed by atoms with Crippen molar-refractivity contribution in [1.82, 2.24) is 5.32 Å². The molecule has 7 nitrogen and oxygen atoms in total. The number of carbonyl (C=O) groups is 2. The fraction of sp³-hybridized carbons (Fsp3) is 0.778. The van der Waals surface area contributed by atoms with E-state index >= 15 is 0 Å². The van der Waals surface area contributed by atoms with Crippen LogP contribution in [0.25, 0.3) is 0 Å². The Hall–Kier alpha value is -1.34. The molecule has 0 saturated carbocycles. The average molecular weight is 235 g/mol. The van der Waals surface area contributed by atoms with E-state index in [2.05, 4.69) is 22.7 Å². The van der Waals surface area contributed by atoms with Crippen LogP contribution in [0, 0.1) is 0 Å². The highest BCUT2D eigenvalue weighted by molar-refractivity contribution is 5.68. The van der Waals surface area contributed by atoms with E-state index in [0.717, 1.165) is 12.8 Å². The number of unbranched alkanes of at least 4 members (excludes halogenated alkanes) is 1. The number of carboxylic acids is 1. The van der Waals surface area contributed by atoms with Gasteiger partial charge < -0.3 is 26.6 Å². The predicted molar refractivity (Wildman–Crippen MR) is 60.0 cm³/mol. The molecule has 6 N–H and O–H groups in total.